The van der Waals surface area contributed by atoms with Crippen molar-refractivity contribution in [3.05, 3.63) is 59.9 Å². The van der Waals surface area contributed by atoms with Crippen molar-refractivity contribution < 1.29 is 22.3 Å². The maximum atomic E-state index is 11.7. The first-order valence-electron chi connectivity index (χ1n) is 9.55. The summed E-state index contributed by atoms with van der Waals surface area (Å²) < 4.78 is 31.4. The average molecular weight is 421 g/mol. The molecule has 0 aliphatic carbocycles. The van der Waals surface area contributed by atoms with E-state index in [4.69, 9.17) is 4.55 Å². The van der Waals surface area contributed by atoms with Crippen LogP contribution in [0.25, 0.3) is 0 Å². The van der Waals surface area contributed by atoms with Gasteiger partial charge in [0.05, 0.1) is 4.90 Å². The van der Waals surface area contributed by atoms with Gasteiger partial charge in [-0.05, 0) is 38.0 Å². The predicted molar refractivity (Wildman–Crippen MR) is 113 cm³/mol. The van der Waals surface area contributed by atoms with Crippen LogP contribution in [0.2, 0.25) is 0 Å². The van der Waals surface area contributed by atoms with Crippen molar-refractivity contribution in [1.82, 2.24) is 5.43 Å². The summed E-state index contributed by atoms with van der Waals surface area (Å²) in [6.07, 6.45) is 11.2. The number of hydrazone groups is 1. The number of carbonyl (C=O) groups excluding carboxylic acids is 1. The fourth-order valence-corrected chi connectivity index (χ4v) is 2.81. The van der Waals surface area contributed by atoms with Gasteiger partial charge in [-0.2, -0.15) is 13.5 Å². The first-order valence-corrected chi connectivity index (χ1v) is 11.0. The maximum Gasteiger partial charge on any atom is 0.294 e. The number of hydrogen-bond acceptors (Lipinski definition) is 4. The fourth-order valence-electron chi connectivity index (χ4n) is 2.33. The van der Waals surface area contributed by atoms with Crippen molar-refractivity contribution in [3.63, 3.8) is 0 Å². The number of carbonyl (C=O) groups is 1. The van der Waals surface area contributed by atoms with Crippen molar-refractivity contribution in [2.45, 2.75) is 50.8 Å². The van der Waals surface area contributed by atoms with E-state index < -0.39 is 10.1 Å². The van der Waals surface area contributed by atoms with Crippen LogP contribution < -0.4 is 9.99 Å². The van der Waals surface area contributed by atoms with E-state index in [0.29, 0.717) is 5.56 Å². The fraction of sp³-hybridized carbons (Fsp3) is 0.381. The number of nitrogens with zero attached hydrogens (tertiary/aromatic N) is 2. The molecule has 8 heteroatoms. The van der Waals surface area contributed by atoms with E-state index in [-0.39, 0.29) is 10.8 Å². The Morgan fingerprint density at radius 3 is 2.45 bits per heavy atom. The van der Waals surface area contributed by atoms with E-state index in [0.717, 1.165) is 18.4 Å². The molecule has 0 aliphatic rings. The average Bonchev–Trinajstić information content (AvgIpc) is 2.67. The van der Waals surface area contributed by atoms with Crippen LogP contribution in [-0.4, -0.2) is 25.1 Å². The Morgan fingerprint density at radius 2 is 1.86 bits per heavy atom. The summed E-state index contributed by atoms with van der Waals surface area (Å²) in [5.74, 6) is -0.170. The van der Waals surface area contributed by atoms with Crippen molar-refractivity contribution in [1.29, 1.82) is 0 Å². The van der Waals surface area contributed by atoms with Crippen LogP contribution >= 0.6 is 0 Å². The van der Waals surface area contributed by atoms with E-state index in [1.807, 2.05) is 30.8 Å². The molecule has 0 aliphatic heterocycles. The van der Waals surface area contributed by atoms with E-state index in [2.05, 4.69) is 17.5 Å². The molecule has 0 radical (unpaired) electrons. The Kier molecular flexibility index (Phi) is 10.8. The second-order valence-corrected chi connectivity index (χ2v) is 8.07. The van der Waals surface area contributed by atoms with Crippen molar-refractivity contribution in [2.75, 3.05) is 0 Å². The molecule has 2 aromatic rings. The van der Waals surface area contributed by atoms with Crippen LogP contribution in [0.5, 0.6) is 0 Å². The number of unbranched alkanes of at least 4 members (excludes halogenated alkanes) is 4. The van der Waals surface area contributed by atoms with E-state index in [1.54, 1.807) is 30.6 Å². The van der Waals surface area contributed by atoms with Crippen molar-refractivity contribution in [3.8, 4) is 0 Å². The van der Waals surface area contributed by atoms with Gasteiger partial charge in [0, 0.05) is 12.3 Å². The Hall–Kier alpha value is -2.58. The van der Waals surface area contributed by atoms with E-state index in [1.165, 1.54) is 31.4 Å². The number of amides is 1. The van der Waals surface area contributed by atoms with Crippen LogP contribution in [0, 0.1) is 6.92 Å². The van der Waals surface area contributed by atoms with Gasteiger partial charge in [-0.15, -0.1) is 0 Å². The number of benzene rings is 1. The molecule has 0 unspecified atom stereocenters. The molecule has 158 valence electrons. The number of hydrogen-bond donors (Lipinski definition) is 2. The first-order chi connectivity index (χ1) is 13.7. The summed E-state index contributed by atoms with van der Waals surface area (Å²) in [6, 6.07) is 9.59. The summed E-state index contributed by atoms with van der Waals surface area (Å²) in [5, 5.41) is 3.94. The number of rotatable bonds is 8. The van der Waals surface area contributed by atoms with Gasteiger partial charge in [-0.3, -0.25) is 9.35 Å². The molecule has 0 atom stereocenters. The van der Waals surface area contributed by atoms with Crippen molar-refractivity contribution >= 4 is 22.2 Å². The molecule has 2 rings (SSSR count). The lowest BCUT2D eigenvalue weighted by atomic mass is 10.2. The highest BCUT2D eigenvalue weighted by Gasteiger charge is 2.07. The van der Waals surface area contributed by atoms with Crippen LogP contribution in [-0.2, 0) is 17.2 Å². The van der Waals surface area contributed by atoms with Gasteiger partial charge in [-0.1, -0.05) is 43.9 Å². The molecule has 1 aromatic carbocycles. The second-order valence-electron chi connectivity index (χ2n) is 6.65. The molecule has 29 heavy (non-hydrogen) atoms. The van der Waals surface area contributed by atoms with Gasteiger partial charge in [0.2, 0.25) is 0 Å². The van der Waals surface area contributed by atoms with E-state index >= 15 is 0 Å². The zero-order valence-corrected chi connectivity index (χ0v) is 18.0. The van der Waals surface area contributed by atoms with Gasteiger partial charge in [0.1, 0.15) is 12.6 Å². The Labute approximate surface area is 173 Å². The highest BCUT2D eigenvalue weighted by Crippen LogP contribution is 2.08. The highest BCUT2D eigenvalue weighted by atomic mass is 32.2. The topological polar surface area (TPSA) is 99.7 Å². The SMILES string of the molecule is CCCCCC/C=N/NC(=O)c1ccc[n+](C)c1.Cc1ccc(S(=O)(=O)O)cc1. The third-order valence-electron chi connectivity index (χ3n) is 3.96. The normalized spacial score (nSPS) is 11.0. The monoisotopic (exact) mass is 420 g/mol. The molecule has 0 saturated carbocycles. The summed E-state index contributed by atoms with van der Waals surface area (Å²) in [7, 11) is -2.14. The minimum Gasteiger partial charge on any atom is -0.282 e. The lowest BCUT2D eigenvalue weighted by Crippen LogP contribution is -2.29. The van der Waals surface area contributed by atoms with Gasteiger partial charge < -0.3 is 0 Å². The van der Waals surface area contributed by atoms with Gasteiger partial charge in [0.25, 0.3) is 16.0 Å². The molecule has 0 spiro atoms. The lowest BCUT2D eigenvalue weighted by molar-refractivity contribution is -0.671. The van der Waals surface area contributed by atoms with Gasteiger partial charge in [0.15, 0.2) is 12.4 Å². The Morgan fingerprint density at radius 1 is 1.17 bits per heavy atom. The third-order valence-corrected chi connectivity index (χ3v) is 4.83. The number of aromatic nitrogens is 1. The molecular weight excluding hydrogens is 390 g/mol. The lowest BCUT2D eigenvalue weighted by Gasteiger charge is -1.98. The molecular formula is C21H30N3O4S+. The molecule has 1 heterocycles. The molecule has 0 fully saturated rings. The zero-order chi connectivity index (χ0) is 21.7. The molecule has 2 N–H and O–H groups in total. The largest absolute Gasteiger partial charge is 0.294 e. The van der Waals surface area contributed by atoms with Gasteiger partial charge in [-0.25, -0.2) is 9.99 Å². The van der Waals surface area contributed by atoms with Crippen molar-refractivity contribution in [2.24, 2.45) is 12.1 Å². The smallest absolute Gasteiger partial charge is 0.282 e. The molecule has 7 nitrogen and oxygen atoms in total. The molecule has 1 amide bonds. The predicted octanol–water partition coefficient (Wildman–Crippen LogP) is 3.44. The minimum absolute atomic E-state index is 0.0666. The zero-order valence-electron chi connectivity index (χ0n) is 17.2. The standard InChI is InChI=1S/C14H21N3O.C7H8O3S/c1-3-4-5-6-7-10-15-16-14(18)13-9-8-11-17(2)12-13;1-6-2-4-7(5-3-6)11(8,9)10/h8-12H,3-7H2,1-2H3;2-5H,1H3,(H,8,9,10)/p+1/b15-10+;. The Bertz CT molecular complexity index is 894. The summed E-state index contributed by atoms with van der Waals surface area (Å²) >= 11 is 0. The summed E-state index contributed by atoms with van der Waals surface area (Å²) in [4.78, 5) is 11.6. The van der Waals surface area contributed by atoms with Crippen LogP contribution in [0.4, 0.5) is 0 Å². The third kappa shape index (κ3) is 10.5. The van der Waals surface area contributed by atoms with Crippen LogP contribution in [0.1, 0.15) is 54.9 Å². The number of nitrogens with one attached hydrogen (secondary N) is 1. The Balaban J connectivity index is 0.000000326. The minimum atomic E-state index is -4.02. The van der Waals surface area contributed by atoms with Crippen LogP contribution in [0.3, 0.4) is 0 Å². The second kappa shape index (κ2) is 12.8. The summed E-state index contributed by atoms with van der Waals surface area (Å²) in [6.45, 7) is 4.03. The maximum absolute atomic E-state index is 11.7. The first kappa shape index (κ1) is 24.5. The quantitative estimate of drug-likeness (QED) is 0.225. The van der Waals surface area contributed by atoms with Crippen LogP contribution in [0.15, 0.2) is 58.8 Å². The molecule has 1 aromatic heterocycles. The molecule has 0 bridgehead atoms. The van der Waals surface area contributed by atoms with E-state index in [9.17, 15) is 13.2 Å². The highest BCUT2D eigenvalue weighted by molar-refractivity contribution is 7.85. The number of aryl methyl sites for hydroxylation is 2. The molecule has 0 saturated heterocycles. The van der Waals surface area contributed by atoms with Gasteiger partial charge >= 0.3 is 0 Å². The summed E-state index contributed by atoms with van der Waals surface area (Å²) in [5.41, 5.74) is 4.10. The number of pyridine rings is 1.